The molecule has 0 radical (unpaired) electrons. The zero-order valence-corrected chi connectivity index (χ0v) is 9.06. The van der Waals surface area contributed by atoms with Crippen LogP contribution in [0.4, 0.5) is 5.69 Å². The molecular weight excluding hydrogens is 190 g/mol. The molecule has 3 heteroatoms. The van der Waals surface area contributed by atoms with Crippen molar-refractivity contribution in [1.29, 1.82) is 0 Å². The van der Waals surface area contributed by atoms with Gasteiger partial charge in [-0.1, -0.05) is 26.0 Å². The number of nitro benzene ring substituents is 1. The van der Waals surface area contributed by atoms with Crippen LogP contribution in [-0.4, -0.2) is 4.92 Å². The average molecular weight is 205 g/mol. The normalized spacial score (nSPS) is 10.3. The predicted molar refractivity (Wildman–Crippen MR) is 61.1 cm³/mol. The standard InChI is InChI=1S/C12H15NO2/c1-4-5-10-8-11(13(14)15)6-7-12(10)9(2)3/h4,6-9H,1,5H2,2-3H3. The summed E-state index contributed by atoms with van der Waals surface area (Å²) in [7, 11) is 0. The topological polar surface area (TPSA) is 43.1 Å². The second kappa shape index (κ2) is 4.73. The highest BCUT2D eigenvalue weighted by molar-refractivity contribution is 5.42. The van der Waals surface area contributed by atoms with E-state index in [0.29, 0.717) is 12.3 Å². The molecule has 0 aromatic heterocycles. The second-order valence-electron chi connectivity index (χ2n) is 3.79. The highest BCUT2D eigenvalue weighted by atomic mass is 16.6. The van der Waals surface area contributed by atoms with E-state index < -0.39 is 0 Å². The van der Waals surface area contributed by atoms with Crippen LogP contribution in [0.5, 0.6) is 0 Å². The number of allylic oxidation sites excluding steroid dienone is 1. The van der Waals surface area contributed by atoms with Gasteiger partial charge in [0.2, 0.25) is 0 Å². The predicted octanol–water partition coefficient (Wildman–Crippen LogP) is 3.45. The summed E-state index contributed by atoms with van der Waals surface area (Å²) in [6, 6.07) is 5.03. The van der Waals surface area contributed by atoms with Crippen LogP contribution in [-0.2, 0) is 6.42 Å². The molecule has 1 aromatic carbocycles. The van der Waals surface area contributed by atoms with Crippen LogP contribution in [0.15, 0.2) is 30.9 Å². The van der Waals surface area contributed by atoms with Crippen molar-refractivity contribution in [2.75, 3.05) is 0 Å². The molecule has 0 unspecified atom stereocenters. The van der Waals surface area contributed by atoms with Crippen LogP contribution in [0.1, 0.15) is 30.9 Å². The maximum atomic E-state index is 10.6. The van der Waals surface area contributed by atoms with E-state index in [9.17, 15) is 10.1 Å². The minimum absolute atomic E-state index is 0.149. The number of non-ortho nitro benzene ring substituents is 1. The fourth-order valence-corrected chi connectivity index (χ4v) is 1.60. The van der Waals surface area contributed by atoms with Gasteiger partial charge in [0, 0.05) is 12.1 Å². The van der Waals surface area contributed by atoms with Crippen molar-refractivity contribution in [3.8, 4) is 0 Å². The van der Waals surface area contributed by atoms with Gasteiger partial charge in [-0.05, 0) is 23.5 Å². The first kappa shape index (κ1) is 11.4. The van der Waals surface area contributed by atoms with Gasteiger partial charge in [-0.2, -0.15) is 0 Å². The van der Waals surface area contributed by atoms with Crippen LogP contribution in [0.25, 0.3) is 0 Å². The molecule has 0 N–H and O–H groups in total. The van der Waals surface area contributed by atoms with E-state index in [2.05, 4.69) is 20.4 Å². The third-order valence-electron chi connectivity index (χ3n) is 2.32. The van der Waals surface area contributed by atoms with Crippen molar-refractivity contribution in [3.05, 3.63) is 52.1 Å². The highest BCUT2D eigenvalue weighted by Crippen LogP contribution is 2.24. The van der Waals surface area contributed by atoms with E-state index in [0.717, 1.165) is 11.1 Å². The van der Waals surface area contributed by atoms with Crippen molar-refractivity contribution in [1.82, 2.24) is 0 Å². The first-order valence-corrected chi connectivity index (χ1v) is 4.94. The Hall–Kier alpha value is -1.64. The molecule has 3 nitrogen and oxygen atoms in total. The van der Waals surface area contributed by atoms with Crippen LogP contribution in [0.3, 0.4) is 0 Å². The Balaban J connectivity index is 3.19. The molecule has 0 aliphatic carbocycles. The first-order valence-electron chi connectivity index (χ1n) is 4.94. The maximum Gasteiger partial charge on any atom is 0.269 e. The molecule has 0 amide bonds. The van der Waals surface area contributed by atoms with Crippen LogP contribution < -0.4 is 0 Å². The fourth-order valence-electron chi connectivity index (χ4n) is 1.60. The highest BCUT2D eigenvalue weighted by Gasteiger charge is 2.11. The molecule has 0 atom stereocenters. The molecule has 15 heavy (non-hydrogen) atoms. The van der Waals surface area contributed by atoms with E-state index >= 15 is 0 Å². The van der Waals surface area contributed by atoms with E-state index in [4.69, 9.17) is 0 Å². The van der Waals surface area contributed by atoms with E-state index in [1.165, 1.54) is 0 Å². The van der Waals surface area contributed by atoms with E-state index in [1.54, 1.807) is 18.2 Å². The monoisotopic (exact) mass is 205 g/mol. The number of hydrogen-bond donors (Lipinski definition) is 0. The van der Waals surface area contributed by atoms with Gasteiger partial charge in [0.15, 0.2) is 0 Å². The lowest BCUT2D eigenvalue weighted by Crippen LogP contribution is -1.97. The molecule has 0 saturated heterocycles. The van der Waals surface area contributed by atoms with Gasteiger partial charge >= 0.3 is 0 Å². The van der Waals surface area contributed by atoms with Gasteiger partial charge in [0.25, 0.3) is 5.69 Å². The number of nitro groups is 1. The van der Waals surface area contributed by atoms with Crippen molar-refractivity contribution in [3.63, 3.8) is 0 Å². The number of rotatable bonds is 4. The lowest BCUT2D eigenvalue weighted by molar-refractivity contribution is -0.384. The van der Waals surface area contributed by atoms with Crippen molar-refractivity contribution in [2.24, 2.45) is 0 Å². The third-order valence-corrected chi connectivity index (χ3v) is 2.32. The van der Waals surface area contributed by atoms with Gasteiger partial charge in [0.1, 0.15) is 0 Å². The number of benzene rings is 1. The van der Waals surface area contributed by atoms with Crippen LogP contribution in [0.2, 0.25) is 0 Å². The van der Waals surface area contributed by atoms with Gasteiger partial charge in [0.05, 0.1) is 4.92 Å². The van der Waals surface area contributed by atoms with Gasteiger partial charge in [-0.3, -0.25) is 10.1 Å². The van der Waals surface area contributed by atoms with Crippen molar-refractivity contribution < 1.29 is 4.92 Å². The van der Waals surface area contributed by atoms with Crippen molar-refractivity contribution in [2.45, 2.75) is 26.2 Å². The minimum atomic E-state index is -0.364. The first-order chi connectivity index (χ1) is 7.06. The Morgan fingerprint density at radius 1 is 1.53 bits per heavy atom. The molecule has 0 aliphatic heterocycles. The quantitative estimate of drug-likeness (QED) is 0.429. The molecule has 0 fully saturated rings. The molecule has 0 saturated carbocycles. The minimum Gasteiger partial charge on any atom is -0.258 e. The summed E-state index contributed by atoms with van der Waals surface area (Å²) in [6.07, 6.45) is 2.44. The van der Waals surface area contributed by atoms with Crippen molar-refractivity contribution >= 4 is 5.69 Å². The Morgan fingerprint density at radius 3 is 2.67 bits per heavy atom. The summed E-state index contributed by atoms with van der Waals surface area (Å²) in [4.78, 5) is 10.3. The van der Waals surface area contributed by atoms with Gasteiger partial charge < -0.3 is 0 Å². The molecule has 0 bridgehead atoms. The Kier molecular flexibility index (Phi) is 3.61. The summed E-state index contributed by atoms with van der Waals surface area (Å²) in [5.41, 5.74) is 2.30. The van der Waals surface area contributed by atoms with Crippen LogP contribution >= 0.6 is 0 Å². The third kappa shape index (κ3) is 2.65. The Labute approximate surface area is 89.6 Å². The molecule has 80 valence electrons. The number of nitrogens with zero attached hydrogens (tertiary/aromatic N) is 1. The average Bonchev–Trinajstić information content (AvgIpc) is 2.17. The second-order valence-corrected chi connectivity index (χ2v) is 3.79. The van der Waals surface area contributed by atoms with Crippen LogP contribution in [0, 0.1) is 10.1 Å². The molecular formula is C12H15NO2. The summed E-state index contributed by atoms with van der Waals surface area (Å²) < 4.78 is 0. The largest absolute Gasteiger partial charge is 0.269 e. The SMILES string of the molecule is C=CCc1cc([N+](=O)[O-])ccc1C(C)C. The molecule has 0 aliphatic rings. The zero-order chi connectivity index (χ0) is 11.4. The fraction of sp³-hybridized carbons (Fsp3) is 0.333. The van der Waals surface area contributed by atoms with Gasteiger partial charge in [-0.25, -0.2) is 0 Å². The Bertz CT molecular complexity index is 383. The van der Waals surface area contributed by atoms with Gasteiger partial charge in [-0.15, -0.1) is 6.58 Å². The lowest BCUT2D eigenvalue weighted by atomic mass is 9.95. The molecule has 0 spiro atoms. The summed E-state index contributed by atoms with van der Waals surface area (Å²) in [6.45, 7) is 7.82. The molecule has 1 aromatic rings. The summed E-state index contributed by atoms with van der Waals surface area (Å²) >= 11 is 0. The summed E-state index contributed by atoms with van der Waals surface area (Å²) in [5, 5.41) is 10.6. The van der Waals surface area contributed by atoms with E-state index in [-0.39, 0.29) is 10.6 Å². The molecule has 1 rings (SSSR count). The summed E-state index contributed by atoms with van der Waals surface area (Å²) in [5.74, 6) is 0.376. The smallest absolute Gasteiger partial charge is 0.258 e. The molecule has 0 heterocycles. The maximum absolute atomic E-state index is 10.6. The lowest BCUT2D eigenvalue weighted by Gasteiger charge is -2.10. The number of hydrogen-bond acceptors (Lipinski definition) is 2. The zero-order valence-electron chi connectivity index (χ0n) is 9.06. The Morgan fingerprint density at radius 2 is 2.20 bits per heavy atom. The van der Waals surface area contributed by atoms with E-state index in [1.807, 2.05) is 6.07 Å².